The summed E-state index contributed by atoms with van der Waals surface area (Å²) in [4.78, 5) is 21.4. The van der Waals surface area contributed by atoms with Gasteiger partial charge >= 0.3 is 35.0 Å². The van der Waals surface area contributed by atoms with Crippen LogP contribution in [0.1, 0.15) is 113 Å². The van der Waals surface area contributed by atoms with Gasteiger partial charge in [0.05, 0.1) is 6.61 Å². The Kier molecular flexibility index (Phi) is 24.9. The second-order valence-electron chi connectivity index (χ2n) is 7.14. The SMILES string of the molecule is CCCCCCCCCCCCCCCCCCOC(=O)/C=C\C(=O)O.[H-].[H-].[Mg+2]. The van der Waals surface area contributed by atoms with E-state index in [0.29, 0.717) is 6.61 Å². The molecule has 1 N–H and O–H groups in total. The molecule has 0 aliphatic carbocycles. The summed E-state index contributed by atoms with van der Waals surface area (Å²) in [5.74, 6) is -1.71. The Balaban J connectivity index is -0.00000104. The van der Waals surface area contributed by atoms with Crippen LogP contribution in [0.25, 0.3) is 0 Å². The molecular formula is C22H42MgO4. The van der Waals surface area contributed by atoms with E-state index in [1.165, 1.54) is 89.9 Å². The zero-order chi connectivity index (χ0) is 19.3. The van der Waals surface area contributed by atoms with Gasteiger partial charge < -0.3 is 12.7 Å². The van der Waals surface area contributed by atoms with Crippen molar-refractivity contribution in [3.05, 3.63) is 12.2 Å². The summed E-state index contributed by atoms with van der Waals surface area (Å²) < 4.78 is 4.92. The zero-order valence-corrected chi connectivity index (χ0v) is 19.0. The first kappa shape index (κ1) is 28.7. The molecule has 156 valence electrons. The molecule has 27 heavy (non-hydrogen) atoms. The van der Waals surface area contributed by atoms with E-state index in [0.717, 1.165) is 25.0 Å². The largest absolute Gasteiger partial charge is 2.00 e. The third-order valence-electron chi connectivity index (χ3n) is 4.60. The first-order chi connectivity index (χ1) is 12.7. The molecule has 0 saturated heterocycles. The molecule has 0 aromatic heterocycles. The van der Waals surface area contributed by atoms with E-state index in [4.69, 9.17) is 9.84 Å². The third-order valence-corrected chi connectivity index (χ3v) is 4.60. The van der Waals surface area contributed by atoms with Crippen molar-refractivity contribution >= 4 is 35.0 Å². The van der Waals surface area contributed by atoms with E-state index in [2.05, 4.69) is 6.92 Å². The minimum Gasteiger partial charge on any atom is -1.00 e. The van der Waals surface area contributed by atoms with Crippen LogP contribution in [0.2, 0.25) is 0 Å². The van der Waals surface area contributed by atoms with E-state index < -0.39 is 11.9 Å². The molecule has 0 amide bonds. The third kappa shape index (κ3) is 25.4. The normalized spacial score (nSPS) is 10.7. The minimum absolute atomic E-state index is 0. The zero-order valence-electron chi connectivity index (χ0n) is 19.6. The topological polar surface area (TPSA) is 63.6 Å². The molecule has 0 rings (SSSR count). The van der Waals surface area contributed by atoms with Gasteiger partial charge in [-0.2, -0.15) is 0 Å². The van der Waals surface area contributed by atoms with E-state index in [1.807, 2.05) is 0 Å². The molecule has 0 fully saturated rings. The summed E-state index contributed by atoms with van der Waals surface area (Å²) in [6.07, 6.45) is 22.7. The summed E-state index contributed by atoms with van der Waals surface area (Å²) in [6, 6.07) is 0. The van der Waals surface area contributed by atoms with Crippen molar-refractivity contribution in [3.63, 3.8) is 0 Å². The number of ether oxygens (including phenoxy) is 1. The molecule has 0 radical (unpaired) electrons. The van der Waals surface area contributed by atoms with Crippen LogP contribution < -0.4 is 0 Å². The molecule has 0 spiro atoms. The molecule has 0 saturated carbocycles. The van der Waals surface area contributed by atoms with Crippen LogP contribution >= 0.6 is 0 Å². The number of carbonyl (C=O) groups is 2. The molecule has 0 aromatic carbocycles. The van der Waals surface area contributed by atoms with Crippen LogP contribution in [0.4, 0.5) is 0 Å². The van der Waals surface area contributed by atoms with Crippen LogP contribution in [-0.4, -0.2) is 46.7 Å². The first-order valence-electron chi connectivity index (χ1n) is 10.7. The van der Waals surface area contributed by atoms with Gasteiger partial charge in [-0.25, -0.2) is 9.59 Å². The minimum atomic E-state index is -1.13. The monoisotopic (exact) mass is 394 g/mol. The Morgan fingerprint density at radius 1 is 0.704 bits per heavy atom. The average molecular weight is 395 g/mol. The van der Waals surface area contributed by atoms with Crippen molar-refractivity contribution in [1.29, 1.82) is 0 Å². The first-order valence-corrected chi connectivity index (χ1v) is 10.7. The smallest absolute Gasteiger partial charge is 1.00 e. The fourth-order valence-electron chi connectivity index (χ4n) is 3.01. The van der Waals surface area contributed by atoms with Gasteiger partial charge in [0.2, 0.25) is 0 Å². The maximum atomic E-state index is 11.1. The molecular weight excluding hydrogens is 353 g/mol. The van der Waals surface area contributed by atoms with E-state index in [9.17, 15) is 9.59 Å². The Morgan fingerprint density at radius 3 is 1.44 bits per heavy atom. The molecule has 0 aromatic rings. The fourth-order valence-corrected chi connectivity index (χ4v) is 3.01. The van der Waals surface area contributed by atoms with Gasteiger partial charge in [0, 0.05) is 12.2 Å². The maximum Gasteiger partial charge on any atom is 2.00 e. The number of rotatable bonds is 19. The molecule has 0 aliphatic heterocycles. The summed E-state index contributed by atoms with van der Waals surface area (Å²) in [5, 5.41) is 8.39. The van der Waals surface area contributed by atoms with Crippen LogP contribution in [0, 0.1) is 0 Å². The molecule has 0 bridgehead atoms. The van der Waals surface area contributed by atoms with Crippen LogP contribution in [0.15, 0.2) is 12.2 Å². The second-order valence-corrected chi connectivity index (χ2v) is 7.14. The van der Waals surface area contributed by atoms with Crippen LogP contribution in [0.3, 0.4) is 0 Å². The molecule has 0 unspecified atom stereocenters. The molecule has 0 aliphatic rings. The maximum absolute atomic E-state index is 11.1. The standard InChI is InChI=1S/C22H40O4.Mg.2H/c1-2-3-4-5-6-7-8-9-10-11-12-13-14-15-16-17-20-26-22(25)19-18-21(23)24;;;/h18-19H,2-17,20H2,1H3,(H,23,24);;;/q;+2;2*-1/b19-18-;;;. The fraction of sp³-hybridized carbons (Fsp3) is 0.818. The van der Waals surface area contributed by atoms with E-state index in [-0.39, 0.29) is 25.9 Å². The number of esters is 1. The Morgan fingerprint density at radius 2 is 1.07 bits per heavy atom. The summed E-state index contributed by atoms with van der Waals surface area (Å²) in [7, 11) is 0. The number of carbonyl (C=O) groups excluding carboxylic acids is 1. The predicted molar refractivity (Wildman–Crippen MR) is 115 cm³/mol. The van der Waals surface area contributed by atoms with E-state index in [1.54, 1.807) is 0 Å². The summed E-state index contributed by atoms with van der Waals surface area (Å²) in [6.45, 7) is 2.64. The van der Waals surface area contributed by atoms with Gasteiger partial charge in [0.15, 0.2) is 0 Å². The van der Waals surface area contributed by atoms with Crippen molar-refractivity contribution in [2.24, 2.45) is 0 Å². The van der Waals surface area contributed by atoms with Gasteiger partial charge in [-0.3, -0.25) is 0 Å². The number of unbranched alkanes of at least 4 members (excludes halogenated alkanes) is 15. The van der Waals surface area contributed by atoms with Gasteiger partial charge in [0.25, 0.3) is 0 Å². The number of hydrogen-bond acceptors (Lipinski definition) is 3. The Labute approximate surface area is 185 Å². The van der Waals surface area contributed by atoms with Crippen molar-refractivity contribution in [2.45, 2.75) is 110 Å². The number of carboxylic acid groups (broad SMARTS) is 1. The summed E-state index contributed by atoms with van der Waals surface area (Å²) >= 11 is 0. The van der Waals surface area contributed by atoms with Gasteiger partial charge in [-0.1, -0.05) is 103 Å². The average Bonchev–Trinajstić information content (AvgIpc) is 2.62. The van der Waals surface area contributed by atoms with Gasteiger partial charge in [0.1, 0.15) is 0 Å². The molecule has 0 heterocycles. The van der Waals surface area contributed by atoms with Gasteiger partial charge in [-0.05, 0) is 6.42 Å². The molecule has 4 nitrogen and oxygen atoms in total. The second kappa shape index (κ2) is 23.5. The van der Waals surface area contributed by atoms with E-state index >= 15 is 0 Å². The number of carboxylic acids is 1. The van der Waals surface area contributed by atoms with Crippen molar-refractivity contribution in [3.8, 4) is 0 Å². The van der Waals surface area contributed by atoms with Crippen molar-refractivity contribution in [2.75, 3.05) is 6.61 Å². The van der Waals surface area contributed by atoms with Crippen molar-refractivity contribution in [1.82, 2.24) is 0 Å². The Hall–Kier alpha value is -0.554. The van der Waals surface area contributed by atoms with Gasteiger partial charge in [-0.15, -0.1) is 0 Å². The number of hydrogen-bond donors (Lipinski definition) is 1. The van der Waals surface area contributed by atoms with Crippen LogP contribution in [-0.2, 0) is 14.3 Å². The summed E-state index contributed by atoms with van der Waals surface area (Å²) in [5.41, 5.74) is 0. The van der Waals surface area contributed by atoms with Crippen molar-refractivity contribution < 1.29 is 22.3 Å². The quantitative estimate of drug-likeness (QED) is 0.121. The molecule has 5 heteroatoms. The van der Waals surface area contributed by atoms with Crippen LogP contribution in [0.5, 0.6) is 0 Å². The Bertz CT molecular complexity index is 380. The number of aliphatic carboxylic acids is 1. The molecule has 0 atom stereocenters. The predicted octanol–water partition coefficient (Wildman–Crippen LogP) is 6.28.